The Bertz CT molecular complexity index is 505. The van der Waals surface area contributed by atoms with Crippen molar-refractivity contribution in [3.8, 4) is 0 Å². The van der Waals surface area contributed by atoms with Gasteiger partial charge in [0.15, 0.2) is 0 Å². The predicted octanol–water partition coefficient (Wildman–Crippen LogP) is 3.60. The molecule has 0 bridgehead atoms. The van der Waals surface area contributed by atoms with Crippen LogP contribution in [0.15, 0.2) is 48.5 Å². The predicted molar refractivity (Wildman–Crippen MR) is 82.3 cm³/mol. The first kappa shape index (κ1) is 13.9. The largest absolute Gasteiger partial charge is 0.399 e. The summed E-state index contributed by atoms with van der Waals surface area (Å²) in [6, 6.07) is 16.2. The Morgan fingerprint density at radius 3 is 2.47 bits per heavy atom. The zero-order chi connectivity index (χ0) is 13.7. The van der Waals surface area contributed by atoms with Gasteiger partial charge in [-0.05, 0) is 42.8 Å². The first-order chi connectivity index (χ1) is 9.13. The van der Waals surface area contributed by atoms with Crippen LogP contribution in [0, 0.1) is 0 Å². The number of nitrogen functional groups attached to an aromatic ring is 1. The lowest BCUT2D eigenvalue weighted by molar-refractivity contribution is 0.331. The minimum atomic E-state index is 0.700. The van der Waals surface area contributed by atoms with Crippen molar-refractivity contribution in [2.24, 2.45) is 0 Å². The molecule has 2 nitrogen and oxygen atoms in total. The van der Waals surface area contributed by atoms with Crippen molar-refractivity contribution in [3.05, 3.63) is 64.7 Å². The van der Waals surface area contributed by atoms with Gasteiger partial charge in [0.25, 0.3) is 0 Å². The highest BCUT2D eigenvalue weighted by Gasteiger charge is 2.03. The lowest BCUT2D eigenvalue weighted by atomic mass is 10.1. The van der Waals surface area contributed by atoms with Gasteiger partial charge < -0.3 is 10.6 Å². The van der Waals surface area contributed by atoms with E-state index in [4.69, 9.17) is 17.3 Å². The fourth-order valence-corrected chi connectivity index (χ4v) is 2.39. The number of nitrogens with two attached hydrogens (primary N) is 1. The molecule has 2 aromatic rings. The van der Waals surface area contributed by atoms with Gasteiger partial charge in [-0.15, -0.1) is 0 Å². The molecule has 0 saturated heterocycles. The number of benzene rings is 2. The van der Waals surface area contributed by atoms with Gasteiger partial charge in [0.05, 0.1) is 0 Å². The Labute approximate surface area is 119 Å². The topological polar surface area (TPSA) is 29.3 Å². The van der Waals surface area contributed by atoms with E-state index in [-0.39, 0.29) is 0 Å². The quantitative estimate of drug-likeness (QED) is 0.844. The summed E-state index contributed by atoms with van der Waals surface area (Å²) in [5, 5.41) is 0.700. The van der Waals surface area contributed by atoms with E-state index in [1.54, 1.807) is 6.07 Å². The zero-order valence-electron chi connectivity index (χ0n) is 11.1. The van der Waals surface area contributed by atoms with E-state index >= 15 is 0 Å². The molecule has 0 fully saturated rings. The number of hydrogen-bond acceptors (Lipinski definition) is 2. The molecule has 0 aliphatic carbocycles. The van der Waals surface area contributed by atoms with Crippen molar-refractivity contribution in [1.82, 2.24) is 4.90 Å². The number of nitrogens with zero attached hydrogens (tertiary/aromatic N) is 1. The van der Waals surface area contributed by atoms with Crippen LogP contribution < -0.4 is 5.73 Å². The summed E-state index contributed by atoms with van der Waals surface area (Å²) in [6.45, 7) is 1.87. The summed E-state index contributed by atoms with van der Waals surface area (Å²) in [5.74, 6) is 0. The Hall–Kier alpha value is -1.51. The number of likely N-dealkylation sites (N-methyl/N-ethyl adjacent to an activating group) is 1. The van der Waals surface area contributed by atoms with Crippen molar-refractivity contribution in [2.45, 2.75) is 13.0 Å². The van der Waals surface area contributed by atoms with E-state index in [2.05, 4.69) is 36.2 Å². The third kappa shape index (κ3) is 4.58. The number of halogens is 1. The van der Waals surface area contributed by atoms with E-state index in [9.17, 15) is 0 Å². The molecule has 0 heterocycles. The van der Waals surface area contributed by atoms with Crippen molar-refractivity contribution >= 4 is 17.3 Å². The molecule has 2 aromatic carbocycles. The SMILES string of the molecule is CN(CCc1ccccc1)Cc1cc(N)cc(Cl)c1. The molecule has 0 aromatic heterocycles. The number of anilines is 1. The fourth-order valence-electron chi connectivity index (χ4n) is 2.12. The molecule has 19 heavy (non-hydrogen) atoms. The summed E-state index contributed by atoms with van der Waals surface area (Å²) in [7, 11) is 2.11. The van der Waals surface area contributed by atoms with Gasteiger partial charge in [-0.3, -0.25) is 0 Å². The highest BCUT2D eigenvalue weighted by Crippen LogP contribution is 2.17. The highest BCUT2D eigenvalue weighted by molar-refractivity contribution is 6.30. The average Bonchev–Trinajstić information content (AvgIpc) is 2.36. The van der Waals surface area contributed by atoms with Gasteiger partial charge in [0.2, 0.25) is 0 Å². The van der Waals surface area contributed by atoms with Crippen LogP contribution in [0.5, 0.6) is 0 Å². The van der Waals surface area contributed by atoms with Crippen molar-refractivity contribution in [2.75, 3.05) is 19.3 Å². The van der Waals surface area contributed by atoms with Gasteiger partial charge in [0, 0.05) is 23.8 Å². The lowest BCUT2D eigenvalue weighted by Gasteiger charge is -2.17. The Morgan fingerprint density at radius 1 is 1.05 bits per heavy atom. The standard InChI is InChI=1S/C16H19ClN2/c1-19(8-7-13-5-3-2-4-6-13)12-14-9-15(17)11-16(18)10-14/h2-6,9-11H,7-8,12,18H2,1H3. The van der Waals surface area contributed by atoms with Crippen molar-refractivity contribution in [3.63, 3.8) is 0 Å². The normalized spacial score (nSPS) is 10.9. The molecule has 0 unspecified atom stereocenters. The maximum Gasteiger partial charge on any atom is 0.0429 e. The smallest absolute Gasteiger partial charge is 0.0429 e. The van der Waals surface area contributed by atoms with E-state index in [0.29, 0.717) is 5.02 Å². The van der Waals surface area contributed by atoms with Crippen LogP contribution in [0.1, 0.15) is 11.1 Å². The molecule has 100 valence electrons. The number of hydrogen-bond donors (Lipinski definition) is 1. The first-order valence-electron chi connectivity index (χ1n) is 6.41. The molecule has 3 heteroatoms. The summed E-state index contributed by atoms with van der Waals surface area (Å²) in [5.41, 5.74) is 9.03. The average molecular weight is 275 g/mol. The Morgan fingerprint density at radius 2 is 1.79 bits per heavy atom. The van der Waals surface area contributed by atoms with Crippen LogP contribution in [0.4, 0.5) is 5.69 Å². The highest BCUT2D eigenvalue weighted by atomic mass is 35.5. The second kappa shape index (κ2) is 6.60. The minimum absolute atomic E-state index is 0.700. The molecule has 0 radical (unpaired) electrons. The maximum atomic E-state index is 6.01. The second-order valence-electron chi connectivity index (χ2n) is 4.87. The summed E-state index contributed by atoms with van der Waals surface area (Å²) in [6.07, 6.45) is 1.05. The van der Waals surface area contributed by atoms with Crippen molar-refractivity contribution in [1.29, 1.82) is 0 Å². The van der Waals surface area contributed by atoms with Crippen molar-refractivity contribution < 1.29 is 0 Å². The van der Waals surface area contributed by atoms with Gasteiger partial charge in [0.1, 0.15) is 0 Å². The molecule has 2 N–H and O–H groups in total. The van der Waals surface area contributed by atoms with Crippen LogP contribution in [-0.2, 0) is 13.0 Å². The molecule has 0 saturated carbocycles. The fraction of sp³-hybridized carbons (Fsp3) is 0.250. The third-order valence-electron chi connectivity index (χ3n) is 3.06. The molecule has 0 aliphatic rings. The van der Waals surface area contributed by atoms with E-state index in [1.165, 1.54) is 5.56 Å². The second-order valence-corrected chi connectivity index (χ2v) is 5.30. The number of rotatable bonds is 5. The summed E-state index contributed by atoms with van der Waals surface area (Å²) in [4.78, 5) is 2.28. The summed E-state index contributed by atoms with van der Waals surface area (Å²) >= 11 is 6.01. The molecule has 2 rings (SSSR count). The van der Waals surface area contributed by atoms with Crippen LogP contribution in [0.3, 0.4) is 0 Å². The Balaban J connectivity index is 1.89. The Kier molecular flexibility index (Phi) is 4.83. The lowest BCUT2D eigenvalue weighted by Crippen LogP contribution is -2.20. The molecular weight excluding hydrogens is 256 g/mol. The van der Waals surface area contributed by atoms with Crippen LogP contribution >= 0.6 is 11.6 Å². The molecule has 0 aliphatic heterocycles. The van der Waals surface area contributed by atoms with Gasteiger partial charge in [-0.25, -0.2) is 0 Å². The van der Waals surface area contributed by atoms with Crippen LogP contribution in [0.25, 0.3) is 0 Å². The third-order valence-corrected chi connectivity index (χ3v) is 3.28. The molecule has 0 amide bonds. The van der Waals surface area contributed by atoms with Gasteiger partial charge in [-0.2, -0.15) is 0 Å². The van der Waals surface area contributed by atoms with Crippen LogP contribution in [0.2, 0.25) is 5.02 Å². The first-order valence-corrected chi connectivity index (χ1v) is 6.79. The van der Waals surface area contributed by atoms with Gasteiger partial charge >= 0.3 is 0 Å². The van der Waals surface area contributed by atoms with E-state index in [1.807, 2.05) is 18.2 Å². The molecular formula is C16H19ClN2. The van der Waals surface area contributed by atoms with Crippen LogP contribution in [-0.4, -0.2) is 18.5 Å². The maximum absolute atomic E-state index is 6.01. The zero-order valence-corrected chi connectivity index (χ0v) is 11.9. The van der Waals surface area contributed by atoms with E-state index in [0.717, 1.165) is 30.8 Å². The molecule has 0 spiro atoms. The van der Waals surface area contributed by atoms with Gasteiger partial charge in [-0.1, -0.05) is 41.9 Å². The molecule has 0 atom stereocenters. The monoisotopic (exact) mass is 274 g/mol. The summed E-state index contributed by atoms with van der Waals surface area (Å²) < 4.78 is 0. The minimum Gasteiger partial charge on any atom is -0.399 e. The van der Waals surface area contributed by atoms with E-state index < -0.39 is 0 Å².